The average molecular weight is 602 g/mol. The van der Waals surface area contributed by atoms with Crippen LogP contribution in [-0.2, 0) is 24.1 Å². The molecule has 43 heavy (non-hydrogen) atoms. The van der Waals surface area contributed by atoms with Gasteiger partial charge in [0.15, 0.2) is 0 Å². The second kappa shape index (κ2) is 20.8. The van der Waals surface area contributed by atoms with Crippen molar-refractivity contribution in [3.63, 3.8) is 0 Å². The van der Waals surface area contributed by atoms with E-state index in [0.717, 1.165) is 81.8 Å². The zero-order valence-electron chi connectivity index (χ0n) is 26.9. The van der Waals surface area contributed by atoms with Crippen LogP contribution in [0.3, 0.4) is 0 Å². The molecule has 5 atom stereocenters. The van der Waals surface area contributed by atoms with Crippen molar-refractivity contribution < 1.29 is 30.3 Å². The average Bonchev–Trinajstić information content (AvgIpc) is 2.98. The highest BCUT2D eigenvalue weighted by Gasteiger charge is 2.29. The van der Waals surface area contributed by atoms with Crippen LogP contribution in [0.2, 0.25) is 0 Å². The molecule has 7 nitrogen and oxygen atoms in total. The largest absolute Gasteiger partial charge is 0.481 e. The summed E-state index contributed by atoms with van der Waals surface area (Å²) in [7, 11) is 0. The minimum Gasteiger partial charge on any atom is -0.481 e. The first-order valence-corrected chi connectivity index (χ1v) is 16.8. The molecule has 0 heterocycles. The van der Waals surface area contributed by atoms with Crippen LogP contribution >= 0.6 is 0 Å². The normalized spacial score (nSPS) is 20.2. The van der Waals surface area contributed by atoms with Gasteiger partial charge >= 0.3 is 5.97 Å². The number of carboxylic acid groups (broad SMARTS) is 1. The number of carboxylic acids is 1. The summed E-state index contributed by atoms with van der Waals surface area (Å²) in [5.41, 5.74) is 6.22. The summed E-state index contributed by atoms with van der Waals surface area (Å²) < 4.78 is 0. The first kappa shape index (κ1) is 37.2. The van der Waals surface area contributed by atoms with E-state index in [2.05, 4.69) is 37.4 Å². The van der Waals surface area contributed by atoms with Gasteiger partial charge in [0.05, 0.1) is 24.9 Å². The van der Waals surface area contributed by atoms with Crippen LogP contribution in [0.15, 0.2) is 41.5 Å². The Morgan fingerprint density at radius 1 is 1.05 bits per heavy atom. The van der Waals surface area contributed by atoms with Crippen molar-refractivity contribution >= 4 is 5.97 Å². The number of fused-ring (bicyclic) bond motifs is 1. The van der Waals surface area contributed by atoms with Crippen molar-refractivity contribution in [2.45, 2.75) is 141 Å². The Morgan fingerprint density at radius 3 is 2.51 bits per heavy atom. The van der Waals surface area contributed by atoms with E-state index >= 15 is 0 Å². The zero-order valence-corrected chi connectivity index (χ0v) is 26.9. The van der Waals surface area contributed by atoms with Gasteiger partial charge in [0.1, 0.15) is 0 Å². The lowest BCUT2D eigenvalue weighted by molar-refractivity contribution is -0.137. The molecule has 0 saturated carbocycles. The first-order chi connectivity index (χ1) is 20.7. The van der Waals surface area contributed by atoms with Gasteiger partial charge in [-0.1, -0.05) is 76.3 Å². The minimum atomic E-state index is -0.915. The Morgan fingerprint density at radius 2 is 1.84 bits per heavy atom. The molecule has 1 aliphatic carbocycles. The topological polar surface area (TPSA) is 130 Å². The molecule has 1 aliphatic rings. The molecule has 0 aromatic heterocycles. The summed E-state index contributed by atoms with van der Waals surface area (Å²) in [6.07, 6.45) is 13.9. The van der Waals surface area contributed by atoms with Gasteiger partial charge in [-0.15, -0.1) is 0 Å². The Bertz CT molecular complexity index is 1000. The molecule has 2 rings (SSSR count). The predicted octanol–water partition coefficient (Wildman–Crippen LogP) is 5.66. The fourth-order valence-corrected chi connectivity index (χ4v) is 6.44. The Balaban J connectivity index is 2.61. The molecule has 0 fully saturated rings. The van der Waals surface area contributed by atoms with E-state index in [9.17, 15) is 25.2 Å². The van der Waals surface area contributed by atoms with E-state index < -0.39 is 24.3 Å². The maximum Gasteiger partial charge on any atom is 0.303 e. The van der Waals surface area contributed by atoms with Crippen LogP contribution in [0, 0.1) is 5.92 Å². The van der Waals surface area contributed by atoms with Gasteiger partial charge in [-0.05, 0) is 98.5 Å². The molecule has 0 bridgehead atoms. The van der Waals surface area contributed by atoms with Crippen molar-refractivity contribution in [2.24, 2.45) is 5.92 Å². The molecule has 0 aliphatic heterocycles. The Labute approximate surface area is 260 Å². The molecule has 6 N–H and O–H groups in total. The molecule has 1 aromatic carbocycles. The van der Waals surface area contributed by atoms with Gasteiger partial charge in [0.25, 0.3) is 0 Å². The highest BCUT2D eigenvalue weighted by molar-refractivity contribution is 5.66. The summed E-state index contributed by atoms with van der Waals surface area (Å²) in [6.45, 7) is 6.16. The number of allylic oxidation sites excluding steroid dienone is 2. The Hall–Kier alpha value is -2.03. The number of unbranched alkanes of at least 4 members (excludes halogenated alkanes) is 4. The van der Waals surface area contributed by atoms with Crippen LogP contribution < -0.4 is 5.32 Å². The number of rotatable bonds is 19. The summed E-state index contributed by atoms with van der Waals surface area (Å²) in [6, 6.07) is 6.45. The standard InChI is InChI=1S/C36H59NO6/c1-4-6-8-15-31(40)21-19-29-18-17-28-14-11-13-27(5-2)33(28)22-20-30(12-9-7-10-16-35(42)43)36(37-24-26(3)39)34(29)23-32(41)25-38/h11,13-14,19,21,26,30-32,36-41H,4-10,12,15-18,20,22-25H2,1-3H3,(H,42,43)/t26-,30-,31-,32-,36+/m0/s1. The molecule has 0 spiro atoms. The molecular weight excluding hydrogens is 542 g/mol. The maximum atomic E-state index is 11.1. The van der Waals surface area contributed by atoms with Crippen LogP contribution in [-0.4, -0.2) is 69.0 Å². The van der Waals surface area contributed by atoms with Crippen molar-refractivity contribution in [3.05, 3.63) is 58.2 Å². The second-order valence-corrected chi connectivity index (χ2v) is 12.4. The number of nitrogens with one attached hydrogen (secondary N) is 1. The molecule has 0 saturated heterocycles. The number of aliphatic carboxylic acids is 1. The van der Waals surface area contributed by atoms with Gasteiger partial charge in [-0.25, -0.2) is 0 Å². The zero-order chi connectivity index (χ0) is 31.6. The molecule has 0 amide bonds. The molecule has 0 radical (unpaired) electrons. The lowest BCUT2D eigenvalue weighted by Crippen LogP contribution is -2.43. The predicted molar refractivity (Wildman–Crippen MR) is 174 cm³/mol. The molecule has 1 aromatic rings. The molecule has 0 unspecified atom stereocenters. The highest BCUT2D eigenvalue weighted by Crippen LogP contribution is 2.34. The number of carbonyl (C=O) groups is 1. The molecular formula is C36H59NO6. The quantitative estimate of drug-likeness (QED) is 0.113. The van der Waals surface area contributed by atoms with E-state index in [1.165, 1.54) is 16.7 Å². The number of benzene rings is 1. The second-order valence-electron chi connectivity index (χ2n) is 12.4. The number of hydrogen-bond acceptors (Lipinski definition) is 6. The summed E-state index contributed by atoms with van der Waals surface area (Å²) in [5, 5.41) is 54.5. The maximum absolute atomic E-state index is 11.1. The third kappa shape index (κ3) is 13.7. The van der Waals surface area contributed by atoms with Crippen molar-refractivity contribution in [1.29, 1.82) is 0 Å². The third-order valence-corrected chi connectivity index (χ3v) is 8.83. The lowest BCUT2D eigenvalue weighted by atomic mass is 9.77. The monoisotopic (exact) mass is 601 g/mol. The van der Waals surface area contributed by atoms with E-state index in [1.54, 1.807) is 6.92 Å². The number of aryl methyl sites for hydroxylation is 2. The highest BCUT2D eigenvalue weighted by atomic mass is 16.4. The van der Waals surface area contributed by atoms with Crippen LogP contribution in [0.4, 0.5) is 0 Å². The van der Waals surface area contributed by atoms with E-state index in [1.807, 2.05) is 12.2 Å². The SMILES string of the molecule is CCCCC[C@H](O)C=CC1=C(C[C@H](O)CO)[C@H](NC[C@H](C)O)[C@@H](CCCCCC(=O)O)CCc2c(CC)cccc2CC1. The van der Waals surface area contributed by atoms with E-state index in [-0.39, 0.29) is 25.0 Å². The lowest BCUT2D eigenvalue weighted by Gasteiger charge is -2.35. The van der Waals surface area contributed by atoms with Crippen molar-refractivity contribution in [1.82, 2.24) is 5.32 Å². The summed E-state index contributed by atoms with van der Waals surface area (Å²) >= 11 is 0. The van der Waals surface area contributed by atoms with Gasteiger partial charge in [-0.3, -0.25) is 4.79 Å². The van der Waals surface area contributed by atoms with Gasteiger partial charge in [0.2, 0.25) is 0 Å². The number of hydrogen-bond donors (Lipinski definition) is 6. The minimum absolute atomic E-state index is 0.137. The summed E-state index contributed by atoms with van der Waals surface area (Å²) in [4.78, 5) is 11.1. The smallest absolute Gasteiger partial charge is 0.303 e. The van der Waals surface area contributed by atoms with Crippen LogP contribution in [0.25, 0.3) is 0 Å². The molecule has 7 heteroatoms. The summed E-state index contributed by atoms with van der Waals surface area (Å²) in [5.74, 6) is -0.589. The van der Waals surface area contributed by atoms with E-state index in [4.69, 9.17) is 5.11 Å². The number of aliphatic hydroxyl groups is 4. The Kier molecular flexibility index (Phi) is 18.0. The van der Waals surface area contributed by atoms with E-state index in [0.29, 0.717) is 25.8 Å². The number of aliphatic hydroxyl groups excluding tert-OH is 4. The van der Waals surface area contributed by atoms with Crippen LogP contribution in [0.5, 0.6) is 0 Å². The van der Waals surface area contributed by atoms with Crippen LogP contribution in [0.1, 0.15) is 115 Å². The van der Waals surface area contributed by atoms with Gasteiger partial charge < -0.3 is 30.8 Å². The van der Waals surface area contributed by atoms with Crippen molar-refractivity contribution in [2.75, 3.05) is 13.2 Å². The van der Waals surface area contributed by atoms with Crippen molar-refractivity contribution in [3.8, 4) is 0 Å². The fraction of sp³-hybridized carbons (Fsp3) is 0.694. The van der Waals surface area contributed by atoms with Gasteiger partial charge in [-0.2, -0.15) is 0 Å². The first-order valence-electron chi connectivity index (χ1n) is 16.8. The third-order valence-electron chi connectivity index (χ3n) is 8.83. The fourth-order valence-electron chi connectivity index (χ4n) is 6.44. The molecule has 244 valence electrons. The van der Waals surface area contributed by atoms with Gasteiger partial charge in [0, 0.05) is 19.0 Å².